The Morgan fingerprint density at radius 1 is 1.40 bits per heavy atom. The zero-order chi connectivity index (χ0) is 14.1. The van der Waals surface area contributed by atoms with Crippen LogP contribution in [0.1, 0.15) is 28.2 Å². The van der Waals surface area contributed by atoms with Crippen molar-refractivity contribution < 1.29 is 14.6 Å². The number of aromatic carboxylic acids is 1. The Morgan fingerprint density at radius 3 is 2.65 bits per heavy atom. The van der Waals surface area contributed by atoms with E-state index in [1.807, 2.05) is 0 Å². The lowest BCUT2D eigenvalue weighted by molar-refractivity contribution is 0.0697. The summed E-state index contributed by atoms with van der Waals surface area (Å²) < 4.78 is 5.03. The number of piperazine rings is 1. The molecular formula is C13H19N3O3S. The molecule has 20 heavy (non-hydrogen) atoms. The molecule has 6 nitrogen and oxygen atoms in total. The molecule has 7 heteroatoms. The number of methoxy groups -OCH3 is 1. The summed E-state index contributed by atoms with van der Waals surface area (Å²) in [6.07, 6.45) is 2.66. The van der Waals surface area contributed by atoms with E-state index in [0.29, 0.717) is 10.6 Å². The standard InChI is InChI=1S/C13H19N3O3S/c1-19-8-10-11(12(17)18)20-13(14-10)16-6-4-15(5-7-16)9-2-3-9/h9H,2-8H2,1H3,(H,17,18). The molecule has 0 atom stereocenters. The summed E-state index contributed by atoms with van der Waals surface area (Å²) in [4.78, 5) is 20.7. The molecule has 1 aliphatic carbocycles. The smallest absolute Gasteiger partial charge is 0.347 e. The van der Waals surface area contributed by atoms with E-state index in [0.717, 1.165) is 37.4 Å². The van der Waals surface area contributed by atoms with E-state index in [4.69, 9.17) is 4.74 Å². The fraction of sp³-hybridized carbons (Fsp3) is 0.692. The number of ether oxygens (including phenoxy) is 1. The van der Waals surface area contributed by atoms with Gasteiger partial charge in [-0.2, -0.15) is 0 Å². The summed E-state index contributed by atoms with van der Waals surface area (Å²) in [5.41, 5.74) is 0.532. The van der Waals surface area contributed by atoms with E-state index in [1.165, 1.54) is 24.2 Å². The molecule has 110 valence electrons. The second-order valence-electron chi connectivity index (χ2n) is 5.26. The number of carboxylic acid groups (broad SMARTS) is 1. The number of carbonyl (C=O) groups is 1. The molecule has 1 aromatic heterocycles. The van der Waals surface area contributed by atoms with Gasteiger partial charge in [-0.15, -0.1) is 0 Å². The monoisotopic (exact) mass is 297 g/mol. The summed E-state index contributed by atoms with van der Waals surface area (Å²) >= 11 is 1.26. The van der Waals surface area contributed by atoms with Gasteiger partial charge in [0.2, 0.25) is 0 Å². The van der Waals surface area contributed by atoms with E-state index in [1.54, 1.807) is 7.11 Å². The van der Waals surface area contributed by atoms with Gasteiger partial charge in [-0.1, -0.05) is 11.3 Å². The first-order valence-electron chi connectivity index (χ1n) is 6.90. The van der Waals surface area contributed by atoms with Crippen molar-refractivity contribution in [3.05, 3.63) is 10.6 Å². The molecule has 0 aromatic carbocycles. The first-order chi connectivity index (χ1) is 9.69. The molecule has 0 bridgehead atoms. The lowest BCUT2D eigenvalue weighted by Crippen LogP contribution is -2.47. The van der Waals surface area contributed by atoms with E-state index in [9.17, 15) is 9.90 Å². The number of carboxylic acids is 1. The SMILES string of the molecule is COCc1nc(N2CCN(C3CC3)CC2)sc1C(=O)O. The predicted octanol–water partition coefficient (Wildman–Crippen LogP) is 1.27. The Morgan fingerprint density at radius 2 is 2.10 bits per heavy atom. The third-order valence-corrected chi connectivity index (χ3v) is 4.96. The molecule has 2 fully saturated rings. The van der Waals surface area contributed by atoms with Crippen LogP contribution in [0.2, 0.25) is 0 Å². The maximum absolute atomic E-state index is 11.2. The molecule has 2 aliphatic rings. The van der Waals surface area contributed by atoms with Crippen molar-refractivity contribution in [3.63, 3.8) is 0 Å². The number of hydrogen-bond acceptors (Lipinski definition) is 6. The molecule has 2 heterocycles. The van der Waals surface area contributed by atoms with Crippen molar-refractivity contribution in [3.8, 4) is 0 Å². The number of nitrogens with zero attached hydrogens (tertiary/aromatic N) is 3. The number of thiazole rings is 1. The highest BCUT2D eigenvalue weighted by atomic mass is 32.1. The second-order valence-corrected chi connectivity index (χ2v) is 6.24. The Bertz CT molecular complexity index is 493. The number of aromatic nitrogens is 1. The quantitative estimate of drug-likeness (QED) is 0.883. The van der Waals surface area contributed by atoms with Gasteiger partial charge in [-0.05, 0) is 12.8 Å². The zero-order valence-electron chi connectivity index (χ0n) is 11.5. The third kappa shape index (κ3) is 2.79. The maximum atomic E-state index is 11.2. The highest BCUT2D eigenvalue weighted by Crippen LogP contribution is 2.31. The predicted molar refractivity (Wildman–Crippen MR) is 76.6 cm³/mol. The van der Waals surface area contributed by atoms with Gasteiger partial charge in [0.05, 0.1) is 12.3 Å². The highest BCUT2D eigenvalue weighted by molar-refractivity contribution is 7.17. The molecule has 1 saturated heterocycles. The molecule has 0 unspecified atom stereocenters. The lowest BCUT2D eigenvalue weighted by atomic mass is 10.3. The average Bonchev–Trinajstić information content (AvgIpc) is 3.20. The van der Waals surface area contributed by atoms with Crippen LogP contribution in [0.3, 0.4) is 0 Å². The molecular weight excluding hydrogens is 278 g/mol. The number of rotatable bonds is 5. The van der Waals surface area contributed by atoms with Crippen LogP contribution in [0.4, 0.5) is 5.13 Å². The molecule has 3 rings (SSSR count). The van der Waals surface area contributed by atoms with Gasteiger partial charge in [0, 0.05) is 39.3 Å². The topological polar surface area (TPSA) is 65.9 Å². The Labute approximate surface area is 122 Å². The van der Waals surface area contributed by atoms with Crippen LogP contribution in [0.5, 0.6) is 0 Å². The van der Waals surface area contributed by atoms with Crippen LogP contribution in [0.15, 0.2) is 0 Å². The average molecular weight is 297 g/mol. The minimum atomic E-state index is -0.919. The van der Waals surface area contributed by atoms with Gasteiger partial charge >= 0.3 is 5.97 Å². The van der Waals surface area contributed by atoms with Crippen LogP contribution in [0, 0.1) is 0 Å². The normalized spacial score (nSPS) is 20.4. The molecule has 0 radical (unpaired) electrons. The Balaban J connectivity index is 1.70. The minimum absolute atomic E-state index is 0.250. The van der Waals surface area contributed by atoms with E-state index < -0.39 is 5.97 Å². The van der Waals surface area contributed by atoms with E-state index in [2.05, 4.69) is 14.8 Å². The van der Waals surface area contributed by atoms with Crippen LogP contribution >= 0.6 is 11.3 Å². The molecule has 0 amide bonds. The Hall–Kier alpha value is -1.18. The fourth-order valence-electron chi connectivity index (χ4n) is 2.59. The largest absolute Gasteiger partial charge is 0.477 e. The van der Waals surface area contributed by atoms with E-state index in [-0.39, 0.29) is 6.61 Å². The summed E-state index contributed by atoms with van der Waals surface area (Å²) in [7, 11) is 1.55. The van der Waals surface area contributed by atoms with Crippen molar-refractivity contribution in [1.82, 2.24) is 9.88 Å². The molecule has 1 aromatic rings. The maximum Gasteiger partial charge on any atom is 0.347 e. The second kappa shape index (κ2) is 5.67. The first kappa shape index (κ1) is 13.8. The van der Waals surface area contributed by atoms with Gasteiger partial charge < -0.3 is 14.7 Å². The van der Waals surface area contributed by atoms with Crippen LogP contribution in [-0.2, 0) is 11.3 Å². The molecule has 1 N–H and O–H groups in total. The van der Waals surface area contributed by atoms with Gasteiger partial charge in [0.25, 0.3) is 0 Å². The number of hydrogen-bond donors (Lipinski definition) is 1. The van der Waals surface area contributed by atoms with Crippen molar-refractivity contribution >= 4 is 22.4 Å². The van der Waals surface area contributed by atoms with E-state index >= 15 is 0 Å². The zero-order valence-corrected chi connectivity index (χ0v) is 12.4. The summed E-state index contributed by atoms with van der Waals surface area (Å²) in [5, 5.41) is 10.0. The fourth-order valence-corrected chi connectivity index (χ4v) is 3.55. The first-order valence-corrected chi connectivity index (χ1v) is 7.71. The number of anilines is 1. The summed E-state index contributed by atoms with van der Waals surface area (Å²) in [6, 6.07) is 0.798. The molecule has 1 aliphatic heterocycles. The van der Waals surface area contributed by atoms with Gasteiger partial charge in [0.15, 0.2) is 5.13 Å². The van der Waals surface area contributed by atoms with Crippen LogP contribution in [-0.4, -0.2) is 60.3 Å². The minimum Gasteiger partial charge on any atom is -0.477 e. The van der Waals surface area contributed by atoms with Crippen molar-refractivity contribution in [2.45, 2.75) is 25.5 Å². The van der Waals surface area contributed by atoms with Crippen molar-refractivity contribution in [1.29, 1.82) is 0 Å². The highest BCUT2D eigenvalue weighted by Gasteiger charge is 2.32. The van der Waals surface area contributed by atoms with Gasteiger partial charge in [0.1, 0.15) is 4.88 Å². The van der Waals surface area contributed by atoms with Gasteiger partial charge in [-0.3, -0.25) is 4.90 Å². The van der Waals surface area contributed by atoms with Crippen LogP contribution < -0.4 is 4.90 Å². The van der Waals surface area contributed by atoms with Gasteiger partial charge in [-0.25, -0.2) is 9.78 Å². The summed E-state index contributed by atoms with van der Waals surface area (Å²) in [5.74, 6) is -0.919. The third-order valence-electron chi connectivity index (χ3n) is 3.81. The summed E-state index contributed by atoms with van der Waals surface area (Å²) in [6.45, 7) is 4.20. The van der Waals surface area contributed by atoms with Crippen LogP contribution in [0.25, 0.3) is 0 Å². The van der Waals surface area contributed by atoms with Crippen molar-refractivity contribution in [2.24, 2.45) is 0 Å². The Kier molecular flexibility index (Phi) is 3.91. The molecule has 0 spiro atoms. The lowest BCUT2D eigenvalue weighted by Gasteiger charge is -2.34. The van der Waals surface area contributed by atoms with Crippen molar-refractivity contribution in [2.75, 3.05) is 38.2 Å². The molecule has 1 saturated carbocycles.